The summed E-state index contributed by atoms with van der Waals surface area (Å²) in [6, 6.07) is 8.77. The van der Waals surface area contributed by atoms with Gasteiger partial charge in [-0.15, -0.1) is 0 Å². The molecule has 0 unspecified atom stereocenters. The molecule has 1 aliphatic rings. The summed E-state index contributed by atoms with van der Waals surface area (Å²) in [7, 11) is -5.95. The summed E-state index contributed by atoms with van der Waals surface area (Å²) in [5.74, 6) is 0.610. The molecular weight excluding hydrogens is 416 g/mol. The lowest BCUT2D eigenvalue weighted by Gasteiger charge is -2.26. The van der Waals surface area contributed by atoms with Gasteiger partial charge in [0.1, 0.15) is 5.75 Å². The molecule has 1 heterocycles. The van der Waals surface area contributed by atoms with E-state index in [0.717, 1.165) is 5.56 Å². The first-order chi connectivity index (χ1) is 13.7. The van der Waals surface area contributed by atoms with E-state index in [-0.39, 0.29) is 15.5 Å². The number of methoxy groups -OCH3 is 1. The molecule has 29 heavy (non-hydrogen) atoms. The average Bonchev–Trinajstić information content (AvgIpc) is 2.70. The van der Waals surface area contributed by atoms with Crippen LogP contribution in [-0.4, -0.2) is 54.6 Å². The third kappa shape index (κ3) is 4.40. The van der Waals surface area contributed by atoms with Crippen molar-refractivity contribution in [2.75, 3.05) is 38.1 Å². The summed E-state index contributed by atoms with van der Waals surface area (Å²) >= 11 is 0. The molecule has 2 aromatic rings. The average molecular weight is 441 g/mol. The molecule has 0 saturated carbocycles. The molecule has 1 fully saturated rings. The Morgan fingerprint density at radius 1 is 0.931 bits per heavy atom. The maximum absolute atomic E-state index is 12.8. The van der Waals surface area contributed by atoms with Crippen molar-refractivity contribution in [3.63, 3.8) is 0 Å². The van der Waals surface area contributed by atoms with E-state index in [9.17, 15) is 16.8 Å². The van der Waals surface area contributed by atoms with E-state index in [0.29, 0.717) is 37.6 Å². The van der Waals surface area contributed by atoms with Gasteiger partial charge in [-0.3, -0.25) is 4.72 Å². The Labute approximate surface area is 171 Å². The molecule has 1 aliphatic heterocycles. The van der Waals surface area contributed by atoms with Crippen molar-refractivity contribution in [2.24, 2.45) is 0 Å². The monoisotopic (exact) mass is 440 g/mol. The van der Waals surface area contributed by atoms with Gasteiger partial charge in [-0.2, -0.15) is 4.31 Å². The largest absolute Gasteiger partial charge is 0.496 e. The zero-order chi connectivity index (χ0) is 21.2. The maximum atomic E-state index is 12.8. The Kier molecular flexibility index (Phi) is 6.18. The quantitative estimate of drug-likeness (QED) is 0.738. The van der Waals surface area contributed by atoms with Gasteiger partial charge < -0.3 is 9.47 Å². The smallest absolute Gasteiger partial charge is 0.262 e. The molecule has 0 aliphatic carbocycles. The SMILES string of the molecule is COc1ccc(S(=O)(=O)Nc2ccc(S(=O)(=O)N3CCOCC3)cc2)c(C)c1C. The number of benzene rings is 2. The number of sulfonamides is 2. The van der Waals surface area contributed by atoms with Crippen molar-refractivity contribution < 1.29 is 26.3 Å². The molecule has 0 amide bonds. The Hall–Kier alpha value is -2.14. The van der Waals surface area contributed by atoms with E-state index in [2.05, 4.69) is 4.72 Å². The second-order valence-corrected chi connectivity index (χ2v) is 10.3. The topological polar surface area (TPSA) is 102 Å². The first-order valence-electron chi connectivity index (χ1n) is 9.02. The molecule has 0 bridgehead atoms. The van der Waals surface area contributed by atoms with E-state index < -0.39 is 20.0 Å². The predicted molar refractivity (Wildman–Crippen MR) is 109 cm³/mol. The van der Waals surface area contributed by atoms with Crippen molar-refractivity contribution in [3.05, 3.63) is 47.5 Å². The molecule has 1 N–H and O–H groups in total. The summed E-state index contributed by atoms with van der Waals surface area (Å²) < 4.78 is 65.2. The number of nitrogens with one attached hydrogen (secondary N) is 1. The van der Waals surface area contributed by atoms with Crippen LogP contribution in [0.2, 0.25) is 0 Å². The third-order valence-electron chi connectivity index (χ3n) is 4.91. The highest BCUT2D eigenvalue weighted by atomic mass is 32.2. The zero-order valence-electron chi connectivity index (χ0n) is 16.5. The highest BCUT2D eigenvalue weighted by molar-refractivity contribution is 7.92. The maximum Gasteiger partial charge on any atom is 0.262 e. The van der Waals surface area contributed by atoms with Gasteiger partial charge in [-0.05, 0) is 61.4 Å². The van der Waals surface area contributed by atoms with Crippen molar-refractivity contribution in [3.8, 4) is 5.75 Å². The summed E-state index contributed by atoms with van der Waals surface area (Å²) in [5, 5.41) is 0. The summed E-state index contributed by atoms with van der Waals surface area (Å²) in [6.45, 7) is 4.82. The van der Waals surface area contributed by atoms with E-state index in [1.54, 1.807) is 19.9 Å². The van der Waals surface area contributed by atoms with Crippen molar-refractivity contribution in [1.29, 1.82) is 0 Å². The summed E-state index contributed by atoms with van der Waals surface area (Å²) in [4.78, 5) is 0.250. The van der Waals surface area contributed by atoms with Gasteiger partial charge in [0, 0.05) is 18.8 Å². The van der Waals surface area contributed by atoms with E-state index >= 15 is 0 Å². The molecule has 158 valence electrons. The minimum Gasteiger partial charge on any atom is -0.496 e. The van der Waals surface area contributed by atoms with Gasteiger partial charge in [-0.25, -0.2) is 16.8 Å². The minimum absolute atomic E-state index is 0.110. The lowest BCUT2D eigenvalue weighted by atomic mass is 10.1. The molecule has 2 aromatic carbocycles. The highest BCUT2D eigenvalue weighted by Crippen LogP contribution is 2.28. The van der Waals surface area contributed by atoms with Crippen LogP contribution in [0.3, 0.4) is 0 Å². The first-order valence-corrected chi connectivity index (χ1v) is 11.9. The van der Waals surface area contributed by atoms with Gasteiger partial charge in [-0.1, -0.05) is 0 Å². The van der Waals surface area contributed by atoms with Crippen molar-refractivity contribution in [1.82, 2.24) is 4.31 Å². The van der Waals surface area contributed by atoms with Crippen LogP contribution in [0.1, 0.15) is 11.1 Å². The highest BCUT2D eigenvalue weighted by Gasteiger charge is 2.26. The van der Waals surface area contributed by atoms with Crippen LogP contribution < -0.4 is 9.46 Å². The lowest BCUT2D eigenvalue weighted by molar-refractivity contribution is 0.0730. The Morgan fingerprint density at radius 3 is 2.14 bits per heavy atom. The summed E-state index contributed by atoms with van der Waals surface area (Å²) in [5.41, 5.74) is 1.60. The molecular formula is C19H24N2O6S2. The summed E-state index contributed by atoms with van der Waals surface area (Å²) in [6.07, 6.45) is 0. The molecule has 0 aromatic heterocycles. The number of hydrogen-bond donors (Lipinski definition) is 1. The number of rotatable bonds is 6. The lowest BCUT2D eigenvalue weighted by Crippen LogP contribution is -2.40. The fourth-order valence-corrected chi connectivity index (χ4v) is 5.89. The van der Waals surface area contributed by atoms with Gasteiger partial charge in [0.05, 0.1) is 30.1 Å². The Morgan fingerprint density at radius 2 is 1.55 bits per heavy atom. The second kappa shape index (κ2) is 8.31. The van der Waals surface area contributed by atoms with Crippen LogP contribution in [-0.2, 0) is 24.8 Å². The van der Waals surface area contributed by atoms with Crippen molar-refractivity contribution in [2.45, 2.75) is 23.6 Å². The minimum atomic E-state index is -3.84. The Balaban J connectivity index is 1.83. The number of morpholine rings is 1. The van der Waals surface area contributed by atoms with Crippen LogP contribution >= 0.6 is 0 Å². The van der Waals surface area contributed by atoms with Crippen LogP contribution in [0.25, 0.3) is 0 Å². The van der Waals surface area contributed by atoms with Gasteiger partial charge >= 0.3 is 0 Å². The van der Waals surface area contributed by atoms with Crippen LogP contribution in [0.5, 0.6) is 5.75 Å². The van der Waals surface area contributed by atoms with E-state index in [4.69, 9.17) is 9.47 Å². The molecule has 8 nitrogen and oxygen atoms in total. The van der Waals surface area contributed by atoms with Gasteiger partial charge in [0.15, 0.2) is 0 Å². The number of nitrogens with zero attached hydrogens (tertiary/aromatic N) is 1. The zero-order valence-corrected chi connectivity index (χ0v) is 18.1. The molecule has 1 saturated heterocycles. The molecule has 3 rings (SSSR count). The third-order valence-corrected chi connectivity index (χ3v) is 8.35. The van der Waals surface area contributed by atoms with E-state index in [1.165, 1.54) is 41.7 Å². The van der Waals surface area contributed by atoms with Gasteiger partial charge in [0.2, 0.25) is 10.0 Å². The predicted octanol–water partition coefficient (Wildman–Crippen LogP) is 2.13. The van der Waals surface area contributed by atoms with Crippen LogP contribution in [0, 0.1) is 13.8 Å². The van der Waals surface area contributed by atoms with E-state index in [1.807, 2.05) is 0 Å². The second-order valence-electron chi connectivity index (χ2n) is 6.66. The molecule has 10 heteroatoms. The molecule has 0 atom stereocenters. The fraction of sp³-hybridized carbons (Fsp3) is 0.368. The Bertz CT molecular complexity index is 1090. The fourth-order valence-electron chi connectivity index (χ4n) is 3.12. The van der Waals surface area contributed by atoms with Crippen LogP contribution in [0.4, 0.5) is 5.69 Å². The van der Waals surface area contributed by atoms with Gasteiger partial charge in [0.25, 0.3) is 10.0 Å². The number of anilines is 1. The number of ether oxygens (including phenoxy) is 2. The molecule has 0 spiro atoms. The standard InChI is InChI=1S/C19H24N2O6S2/c1-14-15(2)19(9-8-18(14)26-3)28(22,23)20-16-4-6-17(7-5-16)29(24,25)21-10-12-27-13-11-21/h4-9,20H,10-13H2,1-3H3. The van der Waals surface area contributed by atoms with Crippen LogP contribution in [0.15, 0.2) is 46.2 Å². The normalized spacial score (nSPS) is 15.8. The molecule has 0 radical (unpaired) electrons. The van der Waals surface area contributed by atoms with Crippen molar-refractivity contribution >= 4 is 25.7 Å². The number of hydrogen-bond acceptors (Lipinski definition) is 6. The first kappa shape index (κ1) is 21.6.